The molecule has 3 saturated heterocycles. The third-order valence-electron chi connectivity index (χ3n) is 7.51. The van der Waals surface area contributed by atoms with E-state index >= 15 is 0 Å². The highest BCUT2D eigenvalue weighted by atomic mass is 16.7. The van der Waals surface area contributed by atoms with Crippen LogP contribution in [0.5, 0.6) is 23.0 Å². The number of aliphatic hydroxyl groups is 5. The van der Waals surface area contributed by atoms with Crippen LogP contribution in [0.4, 0.5) is 0 Å². The number of aliphatic hydroxyl groups excluding tert-OH is 4. The molecule has 0 bridgehead atoms. The van der Waals surface area contributed by atoms with Gasteiger partial charge in [0.05, 0.1) is 40.1 Å². The molecular formula is C26H32O12. The highest BCUT2D eigenvalue weighted by Crippen LogP contribution is 2.54. The zero-order valence-corrected chi connectivity index (χ0v) is 20.8. The molecule has 208 valence electrons. The molecule has 38 heavy (non-hydrogen) atoms. The zero-order valence-electron chi connectivity index (χ0n) is 20.8. The molecule has 3 aliphatic rings. The lowest BCUT2D eigenvalue weighted by molar-refractivity contribution is -0.277. The van der Waals surface area contributed by atoms with Gasteiger partial charge in [-0.2, -0.15) is 0 Å². The lowest BCUT2D eigenvalue weighted by Crippen LogP contribution is -2.60. The number of benzene rings is 2. The van der Waals surface area contributed by atoms with E-state index in [4.69, 9.17) is 28.4 Å². The van der Waals surface area contributed by atoms with Crippen LogP contribution in [0.25, 0.3) is 0 Å². The fourth-order valence-corrected chi connectivity index (χ4v) is 5.37. The summed E-state index contributed by atoms with van der Waals surface area (Å²) in [5.41, 5.74) is -0.00769. The standard InChI is InChI=1S/C26H32O12/c1-33-17-7-12(3-5-15(17)28)23-14-10-35-24(26(14,32)11-36-23)13-4-6-16(18(8-13)34-2)37-25-22(31)21(30)20(29)19(9-27)38-25/h3-8,14,19-25,27-32H,9-11H2,1-2H3/t14-,19+,20+,21-,22+,23-,24-,25-,26-/m1/s1. The Hall–Kier alpha value is -2.68. The smallest absolute Gasteiger partial charge is 0.229 e. The van der Waals surface area contributed by atoms with Crippen LogP contribution in [-0.4, -0.2) is 101 Å². The Labute approximate surface area is 218 Å². The maximum atomic E-state index is 11.7. The summed E-state index contributed by atoms with van der Waals surface area (Å²) in [6, 6.07) is 9.75. The van der Waals surface area contributed by atoms with Gasteiger partial charge in [-0.25, -0.2) is 0 Å². The number of phenols is 1. The predicted octanol–water partition coefficient (Wildman–Crippen LogP) is -0.222. The number of methoxy groups -OCH3 is 2. The van der Waals surface area contributed by atoms with E-state index in [-0.39, 0.29) is 30.5 Å². The molecule has 3 aliphatic heterocycles. The van der Waals surface area contributed by atoms with Gasteiger partial charge in [-0.15, -0.1) is 0 Å². The van der Waals surface area contributed by atoms with E-state index < -0.39 is 61.0 Å². The van der Waals surface area contributed by atoms with Gasteiger partial charge >= 0.3 is 0 Å². The second-order valence-corrected chi connectivity index (χ2v) is 9.70. The van der Waals surface area contributed by atoms with Gasteiger partial charge in [0, 0.05) is 5.92 Å². The molecule has 0 amide bonds. The van der Waals surface area contributed by atoms with Crippen molar-refractivity contribution in [3.63, 3.8) is 0 Å². The molecule has 0 radical (unpaired) electrons. The monoisotopic (exact) mass is 536 g/mol. The first-order chi connectivity index (χ1) is 18.2. The molecule has 12 nitrogen and oxygen atoms in total. The van der Waals surface area contributed by atoms with E-state index in [9.17, 15) is 30.6 Å². The average Bonchev–Trinajstić information content (AvgIpc) is 3.43. The summed E-state index contributed by atoms with van der Waals surface area (Å²) < 4.78 is 33.9. The Balaban J connectivity index is 1.36. The van der Waals surface area contributed by atoms with E-state index in [2.05, 4.69) is 0 Å². The van der Waals surface area contributed by atoms with Crippen LogP contribution in [0, 0.1) is 5.92 Å². The normalized spacial score (nSPS) is 36.6. The first-order valence-electron chi connectivity index (χ1n) is 12.2. The van der Waals surface area contributed by atoms with Crippen molar-refractivity contribution >= 4 is 0 Å². The Bertz CT molecular complexity index is 1140. The molecule has 2 aromatic carbocycles. The van der Waals surface area contributed by atoms with Crippen LogP contribution in [-0.2, 0) is 14.2 Å². The van der Waals surface area contributed by atoms with Crippen LogP contribution in [0.1, 0.15) is 23.3 Å². The first kappa shape index (κ1) is 26.9. The van der Waals surface area contributed by atoms with Crippen LogP contribution in [0.2, 0.25) is 0 Å². The quantitative estimate of drug-likeness (QED) is 0.275. The molecule has 0 unspecified atom stereocenters. The molecule has 3 heterocycles. The van der Waals surface area contributed by atoms with Gasteiger partial charge in [-0.05, 0) is 35.4 Å². The Morgan fingerprint density at radius 2 is 1.61 bits per heavy atom. The zero-order chi connectivity index (χ0) is 27.2. The summed E-state index contributed by atoms with van der Waals surface area (Å²) in [5.74, 6) is 0.324. The third-order valence-corrected chi connectivity index (χ3v) is 7.51. The van der Waals surface area contributed by atoms with Crippen molar-refractivity contribution in [3.05, 3.63) is 47.5 Å². The molecule has 0 saturated carbocycles. The van der Waals surface area contributed by atoms with Gasteiger partial charge < -0.3 is 59.1 Å². The van der Waals surface area contributed by atoms with E-state index in [0.29, 0.717) is 11.3 Å². The largest absolute Gasteiger partial charge is 0.504 e. The van der Waals surface area contributed by atoms with Gasteiger partial charge in [0.15, 0.2) is 23.0 Å². The number of rotatable bonds is 7. The molecule has 0 aromatic heterocycles. The van der Waals surface area contributed by atoms with E-state index in [1.165, 1.54) is 20.3 Å². The number of fused-ring (bicyclic) bond motifs is 1. The molecule has 12 heteroatoms. The van der Waals surface area contributed by atoms with Crippen LogP contribution >= 0.6 is 0 Å². The minimum absolute atomic E-state index is 0.00294. The van der Waals surface area contributed by atoms with Crippen LogP contribution in [0.15, 0.2) is 36.4 Å². The van der Waals surface area contributed by atoms with Crippen molar-refractivity contribution in [2.75, 3.05) is 34.0 Å². The van der Waals surface area contributed by atoms with Crippen molar-refractivity contribution in [2.45, 2.75) is 48.5 Å². The second-order valence-electron chi connectivity index (χ2n) is 9.70. The van der Waals surface area contributed by atoms with Gasteiger partial charge in [0.2, 0.25) is 6.29 Å². The Kier molecular flexibility index (Phi) is 7.42. The minimum Gasteiger partial charge on any atom is -0.504 e. The fraction of sp³-hybridized carbons (Fsp3) is 0.538. The summed E-state index contributed by atoms with van der Waals surface area (Å²) in [5, 5.41) is 61.3. The summed E-state index contributed by atoms with van der Waals surface area (Å²) in [6.07, 6.45) is -8.39. The van der Waals surface area contributed by atoms with Gasteiger partial charge in [-0.1, -0.05) is 12.1 Å². The van der Waals surface area contributed by atoms with E-state index in [0.717, 1.165) is 5.56 Å². The number of hydrogen-bond acceptors (Lipinski definition) is 12. The lowest BCUT2D eigenvalue weighted by atomic mass is 9.81. The summed E-state index contributed by atoms with van der Waals surface area (Å²) in [4.78, 5) is 0. The number of phenolic OH excluding ortho intramolecular Hbond substituents is 1. The molecule has 0 aliphatic carbocycles. The van der Waals surface area contributed by atoms with Crippen molar-refractivity contribution in [1.29, 1.82) is 0 Å². The fourth-order valence-electron chi connectivity index (χ4n) is 5.37. The van der Waals surface area contributed by atoms with Crippen molar-refractivity contribution in [3.8, 4) is 23.0 Å². The Morgan fingerprint density at radius 3 is 2.32 bits per heavy atom. The second kappa shape index (κ2) is 10.5. The first-order valence-corrected chi connectivity index (χ1v) is 12.2. The van der Waals surface area contributed by atoms with Crippen LogP contribution in [0.3, 0.4) is 0 Å². The van der Waals surface area contributed by atoms with Crippen molar-refractivity contribution < 1.29 is 59.1 Å². The van der Waals surface area contributed by atoms with Crippen molar-refractivity contribution in [2.24, 2.45) is 5.92 Å². The highest BCUT2D eigenvalue weighted by molar-refractivity contribution is 5.46. The minimum atomic E-state index is -1.59. The van der Waals surface area contributed by atoms with E-state index in [1.54, 1.807) is 30.3 Å². The average molecular weight is 537 g/mol. The summed E-state index contributed by atoms with van der Waals surface area (Å²) >= 11 is 0. The maximum Gasteiger partial charge on any atom is 0.229 e. The van der Waals surface area contributed by atoms with Crippen LogP contribution < -0.4 is 14.2 Å². The third kappa shape index (κ3) is 4.46. The number of hydrogen-bond donors (Lipinski definition) is 6. The van der Waals surface area contributed by atoms with Gasteiger partial charge in [0.25, 0.3) is 0 Å². The SMILES string of the molecule is COc1cc([C@H]2OC[C@]3(O)[C@@H](c4ccc(O[C@@H]5O[C@@H](CO)[C@H](O)[C@@H](O)[C@@H]5O)c(OC)c4)OC[C@H]23)ccc1O. The van der Waals surface area contributed by atoms with Gasteiger partial charge in [0.1, 0.15) is 36.1 Å². The van der Waals surface area contributed by atoms with E-state index in [1.807, 2.05) is 0 Å². The molecule has 2 aromatic rings. The number of ether oxygens (including phenoxy) is 6. The molecule has 0 spiro atoms. The molecule has 3 fully saturated rings. The topological polar surface area (TPSA) is 177 Å². The van der Waals surface area contributed by atoms with Gasteiger partial charge in [-0.3, -0.25) is 0 Å². The molecule has 9 atom stereocenters. The summed E-state index contributed by atoms with van der Waals surface area (Å²) in [6.45, 7) is -0.346. The Morgan fingerprint density at radius 1 is 0.895 bits per heavy atom. The lowest BCUT2D eigenvalue weighted by Gasteiger charge is -2.39. The molecular weight excluding hydrogens is 504 g/mol. The van der Waals surface area contributed by atoms with Crippen molar-refractivity contribution in [1.82, 2.24) is 0 Å². The summed E-state index contributed by atoms with van der Waals surface area (Å²) in [7, 11) is 2.87. The molecule has 5 rings (SSSR count). The predicted molar refractivity (Wildman–Crippen MR) is 128 cm³/mol. The highest BCUT2D eigenvalue weighted by Gasteiger charge is 2.59. The molecule has 6 N–H and O–H groups in total. The number of aromatic hydroxyl groups is 1. The maximum absolute atomic E-state index is 11.7.